The van der Waals surface area contributed by atoms with E-state index >= 15 is 0 Å². The molecule has 0 aromatic carbocycles. The maximum absolute atomic E-state index is 12.5. The van der Waals surface area contributed by atoms with Crippen LogP contribution >= 0.6 is 0 Å². The minimum atomic E-state index is -0.248. The van der Waals surface area contributed by atoms with Crippen molar-refractivity contribution in [2.45, 2.75) is 69.9 Å². The molecule has 2 heterocycles. The van der Waals surface area contributed by atoms with Crippen LogP contribution in [-0.4, -0.2) is 48.6 Å². The molecule has 124 valence electrons. The Hall–Kier alpha value is -1.10. The van der Waals surface area contributed by atoms with E-state index in [1.54, 1.807) is 0 Å². The number of nitrogens with one attached hydrogen (secondary N) is 1. The molecular weight excluding hydrogens is 280 g/mol. The van der Waals surface area contributed by atoms with Crippen molar-refractivity contribution in [1.82, 2.24) is 10.2 Å². The molecular formula is C17H28N2O3. The first-order chi connectivity index (χ1) is 10.7. The summed E-state index contributed by atoms with van der Waals surface area (Å²) in [7, 11) is 0. The Morgan fingerprint density at radius 3 is 2.27 bits per heavy atom. The number of piperidine rings is 1. The maximum Gasteiger partial charge on any atom is 0.249 e. The lowest BCUT2D eigenvalue weighted by molar-refractivity contribution is -0.138. The molecule has 3 fully saturated rings. The zero-order chi connectivity index (χ0) is 15.4. The molecule has 2 saturated heterocycles. The Balaban J connectivity index is 1.41. The topological polar surface area (TPSA) is 58.6 Å². The van der Waals surface area contributed by atoms with Crippen LogP contribution in [0.25, 0.3) is 0 Å². The predicted molar refractivity (Wildman–Crippen MR) is 83.3 cm³/mol. The van der Waals surface area contributed by atoms with Crippen LogP contribution in [0.1, 0.15) is 57.8 Å². The van der Waals surface area contributed by atoms with Gasteiger partial charge in [-0.25, -0.2) is 0 Å². The molecule has 1 atom stereocenters. The summed E-state index contributed by atoms with van der Waals surface area (Å²) in [4.78, 5) is 26.6. The molecule has 5 heteroatoms. The standard InChI is InChI=1S/C17H28N2O3/c20-16(15-7-4-12-22-15)18-14-8-10-19(11-9-14)17(21)13-5-2-1-3-6-13/h13-15H,1-12H2,(H,18,20). The third-order valence-electron chi connectivity index (χ3n) is 5.33. The van der Waals surface area contributed by atoms with E-state index in [2.05, 4.69) is 5.32 Å². The summed E-state index contributed by atoms with van der Waals surface area (Å²) >= 11 is 0. The lowest BCUT2D eigenvalue weighted by Crippen LogP contribution is -2.50. The summed E-state index contributed by atoms with van der Waals surface area (Å²) in [5.74, 6) is 0.643. The second-order valence-electron chi connectivity index (χ2n) is 6.94. The fourth-order valence-corrected chi connectivity index (χ4v) is 3.93. The first-order valence-electron chi connectivity index (χ1n) is 8.95. The second kappa shape index (κ2) is 7.44. The second-order valence-corrected chi connectivity index (χ2v) is 6.94. The zero-order valence-electron chi connectivity index (χ0n) is 13.4. The highest BCUT2D eigenvalue weighted by Crippen LogP contribution is 2.26. The van der Waals surface area contributed by atoms with Crippen molar-refractivity contribution in [3.8, 4) is 0 Å². The van der Waals surface area contributed by atoms with Crippen molar-refractivity contribution in [1.29, 1.82) is 0 Å². The number of hydrogen-bond donors (Lipinski definition) is 1. The van der Waals surface area contributed by atoms with Gasteiger partial charge in [-0.3, -0.25) is 9.59 Å². The predicted octanol–water partition coefficient (Wildman–Crippen LogP) is 1.85. The van der Waals surface area contributed by atoms with Crippen LogP contribution in [-0.2, 0) is 14.3 Å². The average molecular weight is 308 g/mol. The van der Waals surface area contributed by atoms with Crippen LogP contribution in [0.15, 0.2) is 0 Å². The van der Waals surface area contributed by atoms with Gasteiger partial charge in [0.2, 0.25) is 11.8 Å². The van der Waals surface area contributed by atoms with Gasteiger partial charge in [-0.05, 0) is 38.5 Å². The molecule has 3 rings (SSSR count). The fourth-order valence-electron chi connectivity index (χ4n) is 3.93. The SMILES string of the molecule is O=C(NC1CCN(C(=O)C2CCCCC2)CC1)C1CCCO1. The Labute approximate surface area is 132 Å². The normalized spacial score (nSPS) is 27.8. The van der Waals surface area contributed by atoms with E-state index in [0.717, 1.165) is 51.6 Å². The first-order valence-corrected chi connectivity index (χ1v) is 8.95. The Bertz CT molecular complexity index is 393. The quantitative estimate of drug-likeness (QED) is 0.865. The van der Waals surface area contributed by atoms with Gasteiger partial charge in [0.25, 0.3) is 0 Å². The van der Waals surface area contributed by atoms with E-state index in [1.807, 2.05) is 4.90 Å². The molecule has 0 aromatic rings. The van der Waals surface area contributed by atoms with Crippen molar-refractivity contribution >= 4 is 11.8 Å². The fraction of sp³-hybridized carbons (Fsp3) is 0.882. The van der Waals surface area contributed by atoms with Gasteiger partial charge >= 0.3 is 0 Å². The van der Waals surface area contributed by atoms with E-state index in [4.69, 9.17) is 4.74 Å². The van der Waals surface area contributed by atoms with Gasteiger partial charge in [0.1, 0.15) is 6.10 Å². The lowest BCUT2D eigenvalue weighted by atomic mass is 9.87. The molecule has 0 spiro atoms. The number of hydrogen-bond acceptors (Lipinski definition) is 3. The van der Waals surface area contributed by atoms with E-state index < -0.39 is 0 Å². The first kappa shape index (κ1) is 15.8. The molecule has 5 nitrogen and oxygen atoms in total. The lowest BCUT2D eigenvalue weighted by Gasteiger charge is -2.35. The van der Waals surface area contributed by atoms with Gasteiger partial charge in [-0.15, -0.1) is 0 Å². The van der Waals surface area contributed by atoms with Gasteiger partial charge in [0, 0.05) is 31.7 Å². The van der Waals surface area contributed by atoms with Crippen LogP contribution in [0, 0.1) is 5.92 Å². The highest BCUT2D eigenvalue weighted by Gasteiger charge is 2.31. The van der Waals surface area contributed by atoms with Gasteiger partial charge in [0.05, 0.1) is 0 Å². The number of rotatable bonds is 3. The van der Waals surface area contributed by atoms with Crippen molar-refractivity contribution in [3.05, 3.63) is 0 Å². The summed E-state index contributed by atoms with van der Waals surface area (Å²) in [5.41, 5.74) is 0. The number of likely N-dealkylation sites (tertiary alicyclic amines) is 1. The summed E-state index contributed by atoms with van der Waals surface area (Å²) in [6.07, 6.45) is 9.12. The molecule has 1 aliphatic carbocycles. The number of ether oxygens (including phenoxy) is 1. The summed E-state index contributed by atoms with van der Waals surface area (Å²) in [6.45, 7) is 2.27. The molecule has 1 saturated carbocycles. The molecule has 22 heavy (non-hydrogen) atoms. The number of carbonyl (C=O) groups excluding carboxylic acids is 2. The van der Waals surface area contributed by atoms with Crippen LogP contribution < -0.4 is 5.32 Å². The van der Waals surface area contributed by atoms with Crippen LogP contribution in [0.2, 0.25) is 0 Å². The highest BCUT2D eigenvalue weighted by molar-refractivity contribution is 5.81. The van der Waals surface area contributed by atoms with E-state index in [9.17, 15) is 9.59 Å². The molecule has 1 unspecified atom stereocenters. The van der Waals surface area contributed by atoms with Gasteiger partial charge in [0.15, 0.2) is 0 Å². The number of amides is 2. The average Bonchev–Trinajstić information content (AvgIpc) is 3.10. The van der Waals surface area contributed by atoms with Crippen LogP contribution in [0.5, 0.6) is 0 Å². The number of nitrogens with zero attached hydrogens (tertiary/aromatic N) is 1. The van der Waals surface area contributed by atoms with Gasteiger partial charge < -0.3 is 15.0 Å². The van der Waals surface area contributed by atoms with Crippen LogP contribution in [0.3, 0.4) is 0 Å². The molecule has 0 bridgehead atoms. The molecule has 0 aromatic heterocycles. The molecule has 2 amide bonds. The van der Waals surface area contributed by atoms with Crippen molar-refractivity contribution in [3.63, 3.8) is 0 Å². The van der Waals surface area contributed by atoms with Gasteiger partial charge in [-0.1, -0.05) is 19.3 Å². The van der Waals surface area contributed by atoms with Crippen molar-refractivity contribution in [2.75, 3.05) is 19.7 Å². The maximum atomic E-state index is 12.5. The third-order valence-corrected chi connectivity index (χ3v) is 5.33. The van der Waals surface area contributed by atoms with E-state index in [1.165, 1.54) is 19.3 Å². The molecule has 2 aliphatic heterocycles. The monoisotopic (exact) mass is 308 g/mol. The van der Waals surface area contributed by atoms with Crippen molar-refractivity contribution in [2.24, 2.45) is 5.92 Å². The molecule has 3 aliphatic rings. The largest absolute Gasteiger partial charge is 0.368 e. The molecule has 1 N–H and O–H groups in total. The van der Waals surface area contributed by atoms with E-state index in [0.29, 0.717) is 12.5 Å². The minimum Gasteiger partial charge on any atom is -0.368 e. The minimum absolute atomic E-state index is 0.0366. The van der Waals surface area contributed by atoms with E-state index in [-0.39, 0.29) is 24.0 Å². The molecule has 0 radical (unpaired) electrons. The Morgan fingerprint density at radius 1 is 0.909 bits per heavy atom. The Kier molecular flexibility index (Phi) is 5.34. The Morgan fingerprint density at radius 2 is 1.64 bits per heavy atom. The van der Waals surface area contributed by atoms with Gasteiger partial charge in [-0.2, -0.15) is 0 Å². The summed E-state index contributed by atoms with van der Waals surface area (Å²) < 4.78 is 5.42. The zero-order valence-corrected chi connectivity index (χ0v) is 13.4. The smallest absolute Gasteiger partial charge is 0.249 e. The van der Waals surface area contributed by atoms with Crippen LogP contribution in [0.4, 0.5) is 0 Å². The highest BCUT2D eigenvalue weighted by atomic mass is 16.5. The number of carbonyl (C=O) groups is 2. The van der Waals surface area contributed by atoms with Crippen molar-refractivity contribution < 1.29 is 14.3 Å². The summed E-state index contributed by atoms with van der Waals surface area (Å²) in [5, 5.41) is 3.10. The summed E-state index contributed by atoms with van der Waals surface area (Å²) in [6, 6.07) is 0.201. The third kappa shape index (κ3) is 3.80.